The van der Waals surface area contributed by atoms with Gasteiger partial charge in [0.15, 0.2) is 0 Å². The Morgan fingerprint density at radius 1 is 1.47 bits per heavy atom. The predicted octanol–water partition coefficient (Wildman–Crippen LogP) is 2.45. The smallest absolute Gasteiger partial charge is 0.142 e. The minimum atomic E-state index is -0.353. The fourth-order valence-corrected chi connectivity index (χ4v) is 1.61. The second-order valence-electron chi connectivity index (χ2n) is 3.00. The standard InChI is InChI=1S/C10H13ClFNO2/c1-6-7(5-13-15-3)10(14-2)8(11)4-9(6)12/h4,13H,5H2,1-3H3. The van der Waals surface area contributed by atoms with Gasteiger partial charge in [-0.25, -0.2) is 4.39 Å². The van der Waals surface area contributed by atoms with Crippen LogP contribution in [0.25, 0.3) is 0 Å². The van der Waals surface area contributed by atoms with Crippen molar-refractivity contribution in [1.29, 1.82) is 0 Å². The lowest BCUT2D eigenvalue weighted by atomic mass is 10.1. The van der Waals surface area contributed by atoms with Crippen LogP contribution in [0.5, 0.6) is 5.75 Å². The predicted molar refractivity (Wildman–Crippen MR) is 56.5 cm³/mol. The van der Waals surface area contributed by atoms with Gasteiger partial charge in [-0.1, -0.05) is 11.6 Å². The van der Waals surface area contributed by atoms with E-state index in [1.807, 2.05) is 0 Å². The van der Waals surface area contributed by atoms with Crippen LogP contribution in [0.2, 0.25) is 5.02 Å². The van der Waals surface area contributed by atoms with E-state index < -0.39 is 0 Å². The Morgan fingerprint density at radius 2 is 2.13 bits per heavy atom. The first kappa shape index (κ1) is 12.2. The third kappa shape index (κ3) is 2.59. The lowest BCUT2D eigenvalue weighted by Crippen LogP contribution is -2.13. The lowest BCUT2D eigenvalue weighted by molar-refractivity contribution is 0.0859. The van der Waals surface area contributed by atoms with Crippen LogP contribution in [0.15, 0.2) is 6.07 Å². The van der Waals surface area contributed by atoms with Gasteiger partial charge in [0, 0.05) is 5.56 Å². The molecule has 1 N–H and O–H groups in total. The molecule has 0 heterocycles. The molecule has 1 aromatic rings. The molecule has 0 spiro atoms. The Morgan fingerprint density at radius 3 is 2.67 bits per heavy atom. The zero-order chi connectivity index (χ0) is 11.4. The molecule has 15 heavy (non-hydrogen) atoms. The maximum atomic E-state index is 13.4. The Bertz CT molecular complexity index is 358. The van der Waals surface area contributed by atoms with E-state index in [1.54, 1.807) is 6.92 Å². The van der Waals surface area contributed by atoms with Crippen molar-refractivity contribution in [3.8, 4) is 5.75 Å². The Balaban J connectivity index is 3.18. The highest BCUT2D eigenvalue weighted by Gasteiger charge is 2.14. The van der Waals surface area contributed by atoms with Crippen molar-refractivity contribution in [2.75, 3.05) is 14.2 Å². The van der Waals surface area contributed by atoms with E-state index in [-0.39, 0.29) is 10.8 Å². The zero-order valence-electron chi connectivity index (χ0n) is 8.86. The monoisotopic (exact) mass is 233 g/mol. The highest BCUT2D eigenvalue weighted by atomic mass is 35.5. The molecule has 0 amide bonds. The van der Waals surface area contributed by atoms with Crippen molar-refractivity contribution in [2.45, 2.75) is 13.5 Å². The highest BCUT2D eigenvalue weighted by Crippen LogP contribution is 2.32. The first-order valence-corrected chi connectivity index (χ1v) is 4.77. The second kappa shape index (κ2) is 5.30. The van der Waals surface area contributed by atoms with E-state index in [4.69, 9.17) is 21.2 Å². The van der Waals surface area contributed by atoms with Crippen molar-refractivity contribution in [1.82, 2.24) is 5.48 Å². The fraction of sp³-hybridized carbons (Fsp3) is 0.400. The third-order valence-corrected chi connectivity index (χ3v) is 2.43. The number of ether oxygens (including phenoxy) is 1. The molecule has 0 aliphatic carbocycles. The molecule has 5 heteroatoms. The van der Waals surface area contributed by atoms with Crippen molar-refractivity contribution < 1.29 is 14.0 Å². The summed E-state index contributed by atoms with van der Waals surface area (Å²) in [5.41, 5.74) is 3.79. The number of halogens is 2. The summed E-state index contributed by atoms with van der Waals surface area (Å²) in [7, 11) is 2.98. The number of nitrogens with one attached hydrogen (secondary N) is 1. The van der Waals surface area contributed by atoms with Crippen LogP contribution in [-0.4, -0.2) is 14.2 Å². The van der Waals surface area contributed by atoms with E-state index in [9.17, 15) is 4.39 Å². The van der Waals surface area contributed by atoms with Gasteiger partial charge in [0.2, 0.25) is 0 Å². The number of hydrogen-bond acceptors (Lipinski definition) is 3. The topological polar surface area (TPSA) is 30.5 Å². The van der Waals surface area contributed by atoms with E-state index in [2.05, 4.69) is 5.48 Å². The van der Waals surface area contributed by atoms with Crippen LogP contribution in [0.4, 0.5) is 4.39 Å². The lowest BCUT2D eigenvalue weighted by Gasteiger charge is -2.14. The third-order valence-electron chi connectivity index (χ3n) is 2.15. The molecule has 1 aromatic carbocycles. The van der Waals surface area contributed by atoms with Crippen LogP contribution in [0.1, 0.15) is 11.1 Å². The molecule has 0 saturated carbocycles. The number of methoxy groups -OCH3 is 1. The summed E-state index contributed by atoms with van der Waals surface area (Å²) in [6, 6.07) is 1.24. The molecule has 0 bridgehead atoms. The molecular weight excluding hydrogens is 221 g/mol. The number of hydrogen-bond donors (Lipinski definition) is 1. The van der Waals surface area contributed by atoms with Crippen molar-refractivity contribution in [3.05, 3.63) is 28.0 Å². The number of benzene rings is 1. The molecule has 3 nitrogen and oxygen atoms in total. The molecule has 0 unspecified atom stereocenters. The zero-order valence-corrected chi connectivity index (χ0v) is 9.61. The van der Waals surface area contributed by atoms with Gasteiger partial charge < -0.3 is 9.57 Å². The van der Waals surface area contributed by atoms with E-state index in [0.717, 1.165) is 0 Å². The average molecular weight is 234 g/mol. The maximum absolute atomic E-state index is 13.4. The molecule has 0 saturated heterocycles. The molecular formula is C10H13ClFNO2. The second-order valence-corrected chi connectivity index (χ2v) is 3.41. The SMILES string of the molecule is CONCc1c(C)c(F)cc(Cl)c1OC. The summed E-state index contributed by atoms with van der Waals surface area (Å²) in [5, 5.41) is 0.258. The minimum absolute atomic E-state index is 0.258. The summed E-state index contributed by atoms with van der Waals surface area (Å²) >= 11 is 5.85. The molecule has 84 valence electrons. The van der Waals surface area contributed by atoms with Crippen LogP contribution in [-0.2, 0) is 11.4 Å². The minimum Gasteiger partial charge on any atom is -0.495 e. The summed E-state index contributed by atoms with van der Waals surface area (Å²) in [4.78, 5) is 4.71. The van der Waals surface area contributed by atoms with Crippen LogP contribution < -0.4 is 10.2 Å². The number of rotatable bonds is 4. The summed E-state index contributed by atoms with van der Waals surface area (Å²) in [5.74, 6) is 0.119. The highest BCUT2D eigenvalue weighted by molar-refractivity contribution is 6.32. The molecule has 0 aromatic heterocycles. The van der Waals surface area contributed by atoms with Crippen molar-refractivity contribution >= 4 is 11.6 Å². The van der Waals surface area contributed by atoms with Crippen molar-refractivity contribution in [3.63, 3.8) is 0 Å². The first-order valence-electron chi connectivity index (χ1n) is 4.39. The van der Waals surface area contributed by atoms with Gasteiger partial charge in [0.05, 0.1) is 25.8 Å². The quantitative estimate of drug-likeness (QED) is 0.811. The van der Waals surface area contributed by atoms with Crippen LogP contribution >= 0.6 is 11.6 Å². The summed E-state index contributed by atoms with van der Waals surface area (Å²) in [6.07, 6.45) is 0. The molecule has 0 aliphatic rings. The number of hydroxylamine groups is 1. The van der Waals surface area contributed by atoms with Gasteiger partial charge in [0.25, 0.3) is 0 Å². The van der Waals surface area contributed by atoms with Crippen LogP contribution in [0, 0.1) is 12.7 Å². The van der Waals surface area contributed by atoms with Gasteiger partial charge in [0.1, 0.15) is 11.6 Å². The maximum Gasteiger partial charge on any atom is 0.142 e. The Hall–Kier alpha value is -0.840. The molecule has 0 radical (unpaired) electrons. The van der Waals surface area contributed by atoms with Gasteiger partial charge in [-0.3, -0.25) is 0 Å². The summed E-state index contributed by atoms with van der Waals surface area (Å²) in [6.45, 7) is 2.00. The average Bonchev–Trinajstić information content (AvgIpc) is 2.21. The van der Waals surface area contributed by atoms with Gasteiger partial charge in [-0.05, 0) is 18.6 Å². The molecule has 0 fully saturated rings. The normalized spacial score (nSPS) is 10.5. The Labute approximate surface area is 93.1 Å². The first-order chi connectivity index (χ1) is 7.11. The van der Waals surface area contributed by atoms with Crippen molar-refractivity contribution in [2.24, 2.45) is 0 Å². The fourth-order valence-electron chi connectivity index (χ4n) is 1.32. The molecule has 0 aliphatic heterocycles. The van der Waals surface area contributed by atoms with E-state index >= 15 is 0 Å². The molecule has 1 rings (SSSR count). The molecule has 0 atom stereocenters. The van der Waals surface area contributed by atoms with E-state index in [0.29, 0.717) is 23.4 Å². The Kier molecular flexibility index (Phi) is 4.32. The van der Waals surface area contributed by atoms with Gasteiger partial charge >= 0.3 is 0 Å². The summed E-state index contributed by atoms with van der Waals surface area (Å²) < 4.78 is 18.5. The largest absolute Gasteiger partial charge is 0.495 e. The van der Waals surface area contributed by atoms with Gasteiger partial charge in [-0.2, -0.15) is 5.48 Å². The van der Waals surface area contributed by atoms with E-state index in [1.165, 1.54) is 20.3 Å². The van der Waals surface area contributed by atoms with Gasteiger partial charge in [-0.15, -0.1) is 0 Å². The van der Waals surface area contributed by atoms with Crippen LogP contribution in [0.3, 0.4) is 0 Å².